The fourth-order valence-corrected chi connectivity index (χ4v) is 0.766. The van der Waals surface area contributed by atoms with Crippen LogP contribution in [0.4, 0.5) is 0 Å². The average molecular weight is 157 g/mol. The summed E-state index contributed by atoms with van der Waals surface area (Å²) in [5.74, 6) is 0. The van der Waals surface area contributed by atoms with Crippen molar-refractivity contribution in [2.45, 2.75) is 19.3 Å². The van der Waals surface area contributed by atoms with Crippen LogP contribution in [-0.4, -0.2) is 24.0 Å². The maximum absolute atomic E-state index is 5.08. The predicted octanol–water partition coefficient (Wildman–Crippen LogP) is 2.23. The smallest absolute Gasteiger partial charge is 0.0774 e. The van der Waals surface area contributed by atoms with E-state index < -0.39 is 0 Å². The Kier molecular flexibility index (Phi) is 5.22. The monoisotopic (exact) mass is 157 g/mol. The summed E-state index contributed by atoms with van der Waals surface area (Å²) < 4.78 is 0. The summed E-state index contributed by atoms with van der Waals surface area (Å²) >= 11 is 5.08. The Morgan fingerprint density at radius 1 is 1.60 bits per heavy atom. The molecule has 0 aromatic heterocycles. The second kappa shape index (κ2) is 5.42. The molecule has 2 heteroatoms. The molecule has 0 bridgehead atoms. The summed E-state index contributed by atoms with van der Waals surface area (Å²) in [6.07, 6.45) is 5.13. The molecule has 0 aliphatic carbocycles. The van der Waals surface area contributed by atoms with Crippen molar-refractivity contribution < 1.29 is 0 Å². The lowest BCUT2D eigenvalue weighted by Crippen LogP contribution is -2.18. The van der Waals surface area contributed by atoms with Gasteiger partial charge in [-0.1, -0.05) is 18.3 Å². The van der Waals surface area contributed by atoms with Gasteiger partial charge in [-0.2, -0.15) is 0 Å². The Hall–Kier alpha value is -0.370. The molecule has 1 nitrogen and oxygen atoms in total. The molecule has 0 atom stereocenters. The van der Waals surface area contributed by atoms with Gasteiger partial charge in [-0.15, -0.1) is 6.58 Å². The first-order chi connectivity index (χ1) is 4.68. The van der Waals surface area contributed by atoms with Gasteiger partial charge in [0.25, 0.3) is 0 Å². The minimum Gasteiger partial charge on any atom is -0.372 e. The largest absolute Gasteiger partial charge is 0.372 e. The summed E-state index contributed by atoms with van der Waals surface area (Å²) in [4.78, 5) is 3.01. The molecule has 0 amide bonds. The SMILES string of the molecule is C=CCCCC(=S)N(C)C. The van der Waals surface area contributed by atoms with Gasteiger partial charge in [0.2, 0.25) is 0 Å². The third kappa shape index (κ3) is 4.50. The number of thiocarbonyl (C=S) groups is 1. The first-order valence-corrected chi connectivity index (χ1v) is 3.90. The van der Waals surface area contributed by atoms with Crippen LogP contribution in [0.15, 0.2) is 12.7 Å². The highest BCUT2D eigenvalue weighted by Gasteiger charge is 1.95. The van der Waals surface area contributed by atoms with E-state index in [4.69, 9.17) is 12.2 Å². The van der Waals surface area contributed by atoms with Crippen LogP contribution in [0.5, 0.6) is 0 Å². The van der Waals surface area contributed by atoms with Gasteiger partial charge in [0.05, 0.1) is 4.99 Å². The Bertz CT molecular complexity index is 118. The van der Waals surface area contributed by atoms with Crippen molar-refractivity contribution in [3.63, 3.8) is 0 Å². The lowest BCUT2D eigenvalue weighted by molar-refractivity contribution is 0.612. The van der Waals surface area contributed by atoms with Gasteiger partial charge in [-0.05, 0) is 19.3 Å². The molecule has 0 aromatic carbocycles. The molecular formula is C8H15NS. The molecule has 0 aromatic rings. The van der Waals surface area contributed by atoms with Gasteiger partial charge in [0, 0.05) is 14.1 Å². The van der Waals surface area contributed by atoms with Gasteiger partial charge in [-0.3, -0.25) is 0 Å². The summed E-state index contributed by atoms with van der Waals surface area (Å²) in [7, 11) is 3.96. The fourth-order valence-electron chi connectivity index (χ4n) is 0.621. The summed E-state index contributed by atoms with van der Waals surface area (Å²) in [5, 5.41) is 0. The van der Waals surface area contributed by atoms with E-state index in [2.05, 4.69) is 6.58 Å². The molecule has 0 saturated carbocycles. The van der Waals surface area contributed by atoms with E-state index in [-0.39, 0.29) is 0 Å². The molecule has 0 rings (SSSR count). The second-order valence-corrected chi connectivity index (χ2v) is 2.94. The van der Waals surface area contributed by atoms with Gasteiger partial charge < -0.3 is 4.90 Å². The van der Waals surface area contributed by atoms with Gasteiger partial charge in [-0.25, -0.2) is 0 Å². The Labute approximate surface area is 68.7 Å². The van der Waals surface area contributed by atoms with Crippen molar-refractivity contribution in [3.05, 3.63) is 12.7 Å². The average Bonchev–Trinajstić information content (AvgIpc) is 1.88. The Morgan fingerprint density at radius 2 is 2.20 bits per heavy atom. The van der Waals surface area contributed by atoms with E-state index in [1.165, 1.54) is 0 Å². The number of unbranched alkanes of at least 4 members (excludes halogenated alkanes) is 1. The van der Waals surface area contributed by atoms with E-state index in [0.29, 0.717) is 0 Å². The molecule has 10 heavy (non-hydrogen) atoms. The number of allylic oxidation sites excluding steroid dienone is 1. The molecule has 58 valence electrons. The van der Waals surface area contributed by atoms with Crippen molar-refractivity contribution in [2.24, 2.45) is 0 Å². The zero-order valence-corrected chi connectivity index (χ0v) is 7.58. The van der Waals surface area contributed by atoms with Crippen molar-refractivity contribution >= 4 is 17.2 Å². The minimum atomic E-state index is 1.01. The van der Waals surface area contributed by atoms with Crippen molar-refractivity contribution in [2.75, 3.05) is 14.1 Å². The van der Waals surface area contributed by atoms with Gasteiger partial charge in [0.1, 0.15) is 0 Å². The number of nitrogens with zero attached hydrogens (tertiary/aromatic N) is 1. The Morgan fingerprint density at radius 3 is 2.60 bits per heavy atom. The quantitative estimate of drug-likeness (QED) is 0.350. The fraction of sp³-hybridized carbons (Fsp3) is 0.625. The van der Waals surface area contributed by atoms with Crippen LogP contribution in [0.1, 0.15) is 19.3 Å². The molecule has 0 fully saturated rings. The maximum atomic E-state index is 5.08. The van der Waals surface area contributed by atoms with Crippen molar-refractivity contribution in [3.8, 4) is 0 Å². The highest BCUT2D eigenvalue weighted by molar-refractivity contribution is 7.80. The topological polar surface area (TPSA) is 3.24 Å². The lowest BCUT2D eigenvalue weighted by Gasteiger charge is -2.12. The van der Waals surface area contributed by atoms with Crippen LogP contribution in [0.3, 0.4) is 0 Å². The minimum absolute atomic E-state index is 1.01. The van der Waals surface area contributed by atoms with Gasteiger partial charge >= 0.3 is 0 Å². The number of hydrogen-bond acceptors (Lipinski definition) is 1. The molecular weight excluding hydrogens is 142 g/mol. The molecule has 0 aliphatic heterocycles. The zero-order chi connectivity index (χ0) is 7.98. The maximum Gasteiger partial charge on any atom is 0.0774 e. The van der Waals surface area contributed by atoms with Crippen LogP contribution in [0.25, 0.3) is 0 Å². The standard InChI is InChI=1S/C8H15NS/c1-4-5-6-7-8(10)9(2)3/h4H,1,5-7H2,2-3H3. The van der Waals surface area contributed by atoms with E-state index in [1.807, 2.05) is 25.1 Å². The van der Waals surface area contributed by atoms with E-state index in [9.17, 15) is 0 Å². The number of hydrogen-bond donors (Lipinski definition) is 0. The summed E-state index contributed by atoms with van der Waals surface area (Å²) in [6.45, 7) is 3.65. The molecule has 0 heterocycles. The van der Waals surface area contributed by atoms with Crippen molar-refractivity contribution in [1.29, 1.82) is 0 Å². The van der Waals surface area contributed by atoms with E-state index in [0.717, 1.165) is 24.3 Å². The Balaban J connectivity index is 3.30. The number of rotatable bonds is 4. The van der Waals surface area contributed by atoms with Crippen LogP contribution in [0.2, 0.25) is 0 Å². The molecule has 0 aliphatic rings. The van der Waals surface area contributed by atoms with Gasteiger partial charge in [0.15, 0.2) is 0 Å². The van der Waals surface area contributed by atoms with Crippen LogP contribution in [-0.2, 0) is 0 Å². The van der Waals surface area contributed by atoms with Crippen LogP contribution < -0.4 is 0 Å². The second-order valence-electron chi connectivity index (χ2n) is 2.47. The summed E-state index contributed by atoms with van der Waals surface area (Å²) in [6, 6.07) is 0. The normalized spacial score (nSPS) is 9.00. The van der Waals surface area contributed by atoms with Crippen molar-refractivity contribution in [1.82, 2.24) is 4.90 Å². The first-order valence-electron chi connectivity index (χ1n) is 3.49. The third-order valence-electron chi connectivity index (χ3n) is 1.30. The molecule has 0 N–H and O–H groups in total. The van der Waals surface area contributed by atoms with E-state index in [1.54, 1.807) is 0 Å². The molecule has 0 radical (unpaired) electrons. The zero-order valence-electron chi connectivity index (χ0n) is 6.76. The highest BCUT2D eigenvalue weighted by Crippen LogP contribution is 1.99. The summed E-state index contributed by atoms with van der Waals surface area (Å²) in [5.41, 5.74) is 0. The molecule has 0 unspecified atom stereocenters. The third-order valence-corrected chi connectivity index (χ3v) is 1.87. The molecule has 0 spiro atoms. The first kappa shape index (κ1) is 9.63. The van der Waals surface area contributed by atoms with Crippen LogP contribution in [0, 0.1) is 0 Å². The van der Waals surface area contributed by atoms with E-state index >= 15 is 0 Å². The lowest BCUT2D eigenvalue weighted by atomic mass is 10.2. The van der Waals surface area contributed by atoms with Crippen LogP contribution >= 0.6 is 12.2 Å². The highest BCUT2D eigenvalue weighted by atomic mass is 32.1. The molecule has 0 saturated heterocycles. The predicted molar refractivity (Wildman–Crippen MR) is 50.3 cm³/mol.